The number of hydrogen-bond acceptors (Lipinski definition) is 4. The molecule has 0 aliphatic carbocycles. The molecule has 1 aliphatic rings. The van der Waals surface area contributed by atoms with Crippen LogP contribution in [0.3, 0.4) is 0 Å². The van der Waals surface area contributed by atoms with E-state index in [4.69, 9.17) is 4.74 Å². The summed E-state index contributed by atoms with van der Waals surface area (Å²) in [6, 6.07) is 16.2. The molecule has 1 fully saturated rings. The lowest BCUT2D eigenvalue weighted by Crippen LogP contribution is -2.54. The molecule has 0 spiro atoms. The zero-order valence-electron chi connectivity index (χ0n) is 15.2. The van der Waals surface area contributed by atoms with Crippen molar-refractivity contribution in [2.45, 2.75) is 31.6 Å². The van der Waals surface area contributed by atoms with Crippen LogP contribution in [0.15, 0.2) is 53.0 Å². The maximum absolute atomic E-state index is 11.0. The lowest BCUT2D eigenvalue weighted by molar-refractivity contribution is -0.131. The predicted molar refractivity (Wildman–Crippen MR) is 107 cm³/mol. The van der Waals surface area contributed by atoms with Crippen LogP contribution >= 0.6 is 15.9 Å². The summed E-state index contributed by atoms with van der Waals surface area (Å²) < 4.78 is 6.38. The van der Waals surface area contributed by atoms with Gasteiger partial charge in [0.2, 0.25) is 0 Å². The highest BCUT2D eigenvalue weighted by molar-refractivity contribution is 9.10. The molecule has 1 heterocycles. The molecule has 0 saturated carbocycles. The third-order valence-corrected chi connectivity index (χ3v) is 5.75. The van der Waals surface area contributed by atoms with Crippen molar-refractivity contribution in [3.63, 3.8) is 0 Å². The van der Waals surface area contributed by atoms with E-state index in [0.29, 0.717) is 26.3 Å². The first-order chi connectivity index (χ1) is 12.4. The number of ether oxygens (including phenoxy) is 1. The van der Waals surface area contributed by atoms with Gasteiger partial charge in [0.25, 0.3) is 0 Å². The molecular formula is C21H26BrNO3. The maximum Gasteiger partial charge on any atom is 0.134 e. The number of morpholine rings is 1. The third kappa shape index (κ3) is 4.02. The number of aliphatic hydroxyl groups excluding tert-OH is 2. The number of nitrogens with zero attached hydrogens (tertiary/aromatic N) is 1. The quantitative estimate of drug-likeness (QED) is 0.779. The average molecular weight is 420 g/mol. The third-order valence-electron chi connectivity index (χ3n) is 5.22. The molecule has 2 atom stereocenters. The zero-order valence-corrected chi connectivity index (χ0v) is 16.8. The van der Waals surface area contributed by atoms with Gasteiger partial charge >= 0.3 is 0 Å². The van der Waals surface area contributed by atoms with Gasteiger partial charge in [0, 0.05) is 23.0 Å². The summed E-state index contributed by atoms with van der Waals surface area (Å²) in [6.45, 7) is 6.39. The van der Waals surface area contributed by atoms with Gasteiger partial charge in [-0.1, -0.05) is 66.2 Å². The van der Waals surface area contributed by atoms with Gasteiger partial charge in [0.1, 0.15) is 12.3 Å². The Bertz CT molecular complexity index is 726. The second-order valence-electron chi connectivity index (χ2n) is 7.28. The summed E-state index contributed by atoms with van der Waals surface area (Å²) in [5.74, 6) is 0. The fourth-order valence-corrected chi connectivity index (χ4v) is 3.76. The van der Waals surface area contributed by atoms with Crippen LogP contribution in [0.4, 0.5) is 0 Å². The van der Waals surface area contributed by atoms with Crippen molar-refractivity contribution >= 4 is 15.9 Å². The van der Waals surface area contributed by atoms with Crippen LogP contribution < -0.4 is 0 Å². The molecule has 2 unspecified atom stereocenters. The Morgan fingerprint density at radius 2 is 1.62 bits per heavy atom. The van der Waals surface area contributed by atoms with Crippen LogP contribution in [-0.2, 0) is 10.2 Å². The van der Waals surface area contributed by atoms with E-state index in [2.05, 4.69) is 34.1 Å². The Labute approximate surface area is 163 Å². The number of aliphatic hydroxyl groups is 2. The molecule has 140 valence electrons. The molecule has 3 rings (SSSR count). The van der Waals surface area contributed by atoms with E-state index in [1.807, 2.05) is 49.1 Å². The molecule has 1 aliphatic heterocycles. The molecule has 4 nitrogen and oxygen atoms in total. The molecule has 2 N–H and O–H groups in total. The Balaban J connectivity index is 1.92. The first kappa shape index (κ1) is 19.5. The summed E-state index contributed by atoms with van der Waals surface area (Å²) in [4.78, 5) is 1.89. The fraction of sp³-hybridized carbons (Fsp3) is 0.429. The van der Waals surface area contributed by atoms with Crippen LogP contribution in [0.5, 0.6) is 0 Å². The summed E-state index contributed by atoms with van der Waals surface area (Å²) in [5.41, 5.74) is 2.55. The number of benzene rings is 2. The molecule has 5 heteroatoms. The van der Waals surface area contributed by atoms with Gasteiger partial charge in [-0.2, -0.15) is 0 Å². The topological polar surface area (TPSA) is 52.9 Å². The second-order valence-corrected chi connectivity index (χ2v) is 8.20. The van der Waals surface area contributed by atoms with E-state index in [-0.39, 0.29) is 0 Å². The minimum Gasteiger partial charge on any atom is -0.388 e. The van der Waals surface area contributed by atoms with Gasteiger partial charge in [-0.25, -0.2) is 0 Å². The largest absolute Gasteiger partial charge is 0.388 e. The summed E-state index contributed by atoms with van der Waals surface area (Å²) in [6.07, 6.45) is -1.84. The van der Waals surface area contributed by atoms with Gasteiger partial charge in [-0.05, 0) is 28.8 Å². The molecule has 0 radical (unpaired) electrons. The van der Waals surface area contributed by atoms with Gasteiger partial charge < -0.3 is 14.9 Å². The SMILES string of the molecule is CC(C)(c1ccccc1-c1ccc(Br)cc1)C(O)C(O)N1CCOCC1. The Morgan fingerprint density at radius 3 is 2.27 bits per heavy atom. The Morgan fingerprint density at radius 1 is 1.00 bits per heavy atom. The van der Waals surface area contributed by atoms with Gasteiger partial charge in [0.15, 0.2) is 0 Å². The highest BCUT2D eigenvalue weighted by Crippen LogP contribution is 2.37. The van der Waals surface area contributed by atoms with E-state index < -0.39 is 17.7 Å². The van der Waals surface area contributed by atoms with Gasteiger partial charge in [-0.15, -0.1) is 0 Å². The van der Waals surface area contributed by atoms with E-state index in [1.54, 1.807) is 0 Å². The highest BCUT2D eigenvalue weighted by atomic mass is 79.9. The van der Waals surface area contributed by atoms with Crippen molar-refractivity contribution in [3.8, 4) is 11.1 Å². The van der Waals surface area contributed by atoms with Crippen molar-refractivity contribution in [2.24, 2.45) is 0 Å². The van der Waals surface area contributed by atoms with Crippen molar-refractivity contribution in [3.05, 3.63) is 58.6 Å². The summed E-state index contributed by atoms with van der Waals surface area (Å²) >= 11 is 3.47. The van der Waals surface area contributed by atoms with Crippen molar-refractivity contribution in [1.82, 2.24) is 4.90 Å². The van der Waals surface area contributed by atoms with E-state index in [1.165, 1.54) is 0 Å². The number of halogens is 1. The van der Waals surface area contributed by atoms with Crippen LogP contribution in [-0.4, -0.2) is 53.7 Å². The lowest BCUT2D eigenvalue weighted by Gasteiger charge is -2.41. The monoisotopic (exact) mass is 419 g/mol. The number of rotatable bonds is 5. The van der Waals surface area contributed by atoms with Crippen molar-refractivity contribution in [2.75, 3.05) is 26.3 Å². The maximum atomic E-state index is 11.0. The minimum atomic E-state index is -0.924. The first-order valence-electron chi connectivity index (χ1n) is 8.94. The second kappa shape index (κ2) is 8.19. The summed E-state index contributed by atoms with van der Waals surface area (Å²) in [7, 11) is 0. The zero-order chi connectivity index (χ0) is 18.7. The fourth-order valence-electron chi connectivity index (χ4n) is 3.50. The molecular weight excluding hydrogens is 394 g/mol. The van der Waals surface area contributed by atoms with E-state index in [9.17, 15) is 10.2 Å². The smallest absolute Gasteiger partial charge is 0.134 e. The van der Waals surface area contributed by atoms with Crippen LogP contribution in [0.25, 0.3) is 11.1 Å². The molecule has 0 amide bonds. The van der Waals surface area contributed by atoms with E-state index in [0.717, 1.165) is 21.2 Å². The molecule has 26 heavy (non-hydrogen) atoms. The number of hydrogen-bond donors (Lipinski definition) is 2. The van der Waals surface area contributed by atoms with Crippen molar-refractivity contribution in [1.29, 1.82) is 0 Å². The molecule has 2 aromatic carbocycles. The van der Waals surface area contributed by atoms with Gasteiger partial charge in [0.05, 0.1) is 13.2 Å². The Kier molecular flexibility index (Phi) is 6.15. The normalized spacial score (nSPS) is 18.5. The van der Waals surface area contributed by atoms with Crippen LogP contribution in [0.1, 0.15) is 19.4 Å². The molecule has 1 saturated heterocycles. The lowest BCUT2D eigenvalue weighted by atomic mass is 9.75. The molecule has 0 aromatic heterocycles. The predicted octanol–water partition coefficient (Wildman–Crippen LogP) is 3.41. The highest BCUT2D eigenvalue weighted by Gasteiger charge is 2.39. The molecule has 0 bridgehead atoms. The van der Waals surface area contributed by atoms with Crippen LogP contribution in [0.2, 0.25) is 0 Å². The molecule has 2 aromatic rings. The van der Waals surface area contributed by atoms with Crippen molar-refractivity contribution < 1.29 is 14.9 Å². The Hall–Kier alpha value is -1.24. The standard InChI is InChI=1S/C21H26BrNO3/c1-21(2,19(24)20(25)23-11-13-26-14-12-23)18-6-4-3-5-17(18)15-7-9-16(22)10-8-15/h3-10,19-20,24-25H,11-14H2,1-2H3. The van der Waals surface area contributed by atoms with Gasteiger partial charge in [-0.3, -0.25) is 4.90 Å². The summed E-state index contributed by atoms with van der Waals surface area (Å²) in [5, 5.41) is 21.8. The minimum absolute atomic E-state index is 0.583. The van der Waals surface area contributed by atoms with Crippen LogP contribution in [0, 0.1) is 0 Å². The first-order valence-corrected chi connectivity index (χ1v) is 9.74. The average Bonchev–Trinajstić information content (AvgIpc) is 2.68. The van der Waals surface area contributed by atoms with E-state index >= 15 is 0 Å².